The standard InChI is InChI=1S/C26H21ClN4O2/c1-3-13-30-25(32)22(17(2)23(15-28)26(30)33)14-19-16-31(21-7-5-4-6-8-21)29-24(19)18-9-11-20(27)12-10-18/h4-12,14,16H,3,13H2,1-2H3/b22-14+. The second kappa shape index (κ2) is 9.27. The molecule has 2 amide bonds. The molecule has 6 nitrogen and oxygen atoms in total. The predicted octanol–water partition coefficient (Wildman–Crippen LogP) is 5.19. The topological polar surface area (TPSA) is 79.0 Å². The van der Waals surface area contributed by atoms with Crippen molar-refractivity contribution in [3.05, 3.63) is 88.1 Å². The van der Waals surface area contributed by atoms with Crippen molar-refractivity contribution in [2.75, 3.05) is 6.54 Å². The maximum Gasteiger partial charge on any atom is 0.271 e. The second-order valence-electron chi connectivity index (χ2n) is 7.65. The van der Waals surface area contributed by atoms with Gasteiger partial charge in [-0.2, -0.15) is 10.4 Å². The van der Waals surface area contributed by atoms with Crippen molar-refractivity contribution in [3.63, 3.8) is 0 Å². The lowest BCUT2D eigenvalue weighted by Crippen LogP contribution is -2.43. The van der Waals surface area contributed by atoms with Crippen LogP contribution < -0.4 is 0 Å². The zero-order chi connectivity index (χ0) is 23.5. The number of hydrogen-bond donors (Lipinski definition) is 0. The van der Waals surface area contributed by atoms with Gasteiger partial charge in [0.15, 0.2) is 0 Å². The Hall–Kier alpha value is -3.95. The molecular formula is C26H21ClN4O2. The van der Waals surface area contributed by atoms with Crippen LogP contribution in [0.1, 0.15) is 25.8 Å². The Bertz CT molecular complexity index is 1330. The minimum Gasteiger partial charge on any atom is -0.274 e. The van der Waals surface area contributed by atoms with Crippen LogP contribution in [0.4, 0.5) is 0 Å². The molecule has 0 saturated heterocycles. The Morgan fingerprint density at radius 1 is 1.06 bits per heavy atom. The molecule has 1 aliphatic rings. The summed E-state index contributed by atoms with van der Waals surface area (Å²) in [4.78, 5) is 27.0. The molecule has 0 bridgehead atoms. The average molecular weight is 457 g/mol. The van der Waals surface area contributed by atoms with Crippen LogP contribution in [0.3, 0.4) is 0 Å². The molecule has 0 atom stereocenters. The van der Waals surface area contributed by atoms with Crippen LogP contribution in [-0.2, 0) is 9.59 Å². The summed E-state index contributed by atoms with van der Waals surface area (Å²) >= 11 is 6.07. The molecule has 0 saturated carbocycles. The van der Waals surface area contributed by atoms with Gasteiger partial charge in [-0.05, 0) is 49.3 Å². The molecule has 1 aromatic heterocycles. The number of hydrogen-bond acceptors (Lipinski definition) is 4. The summed E-state index contributed by atoms with van der Waals surface area (Å²) < 4.78 is 1.74. The molecule has 33 heavy (non-hydrogen) atoms. The first kappa shape index (κ1) is 22.3. The van der Waals surface area contributed by atoms with E-state index in [1.54, 1.807) is 29.8 Å². The van der Waals surface area contributed by atoms with Crippen LogP contribution >= 0.6 is 11.6 Å². The van der Waals surface area contributed by atoms with E-state index in [9.17, 15) is 14.9 Å². The molecular weight excluding hydrogens is 436 g/mol. The highest BCUT2D eigenvalue weighted by Gasteiger charge is 2.35. The first-order chi connectivity index (χ1) is 15.9. The van der Waals surface area contributed by atoms with Crippen molar-refractivity contribution in [2.45, 2.75) is 20.3 Å². The fraction of sp³-hybridized carbons (Fsp3) is 0.154. The molecule has 1 aliphatic heterocycles. The van der Waals surface area contributed by atoms with E-state index in [4.69, 9.17) is 16.7 Å². The quantitative estimate of drug-likeness (QED) is 0.390. The summed E-state index contributed by atoms with van der Waals surface area (Å²) in [5, 5.41) is 14.9. The molecule has 7 heteroatoms. The van der Waals surface area contributed by atoms with Gasteiger partial charge in [-0.1, -0.05) is 48.9 Å². The van der Waals surface area contributed by atoms with Gasteiger partial charge in [0.25, 0.3) is 11.8 Å². The number of aromatic nitrogens is 2. The van der Waals surface area contributed by atoms with E-state index in [2.05, 4.69) is 0 Å². The van der Waals surface area contributed by atoms with Crippen molar-refractivity contribution in [2.24, 2.45) is 0 Å². The third kappa shape index (κ3) is 4.23. The summed E-state index contributed by atoms with van der Waals surface area (Å²) in [6, 6.07) is 18.9. The number of nitriles is 1. The summed E-state index contributed by atoms with van der Waals surface area (Å²) in [5.41, 5.74) is 3.69. The lowest BCUT2D eigenvalue weighted by atomic mass is 9.93. The van der Waals surface area contributed by atoms with Crippen LogP contribution in [0.2, 0.25) is 5.02 Å². The van der Waals surface area contributed by atoms with Gasteiger partial charge >= 0.3 is 0 Å². The van der Waals surface area contributed by atoms with Gasteiger partial charge in [0.05, 0.1) is 11.4 Å². The highest BCUT2D eigenvalue weighted by atomic mass is 35.5. The third-order valence-corrected chi connectivity index (χ3v) is 5.71. The lowest BCUT2D eigenvalue weighted by molar-refractivity contribution is -0.140. The maximum atomic E-state index is 13.2. The van der Waals surface area contributed by atoms with Crippen molar-refractivity contribution in [3.8, 4) is 23.0 Å². The zero-order valence-electron chi connectivity index (χ0n) is 18.2. The van der Waals surface area contributed by atoms with Gasteiger partial charge in [-0.15, -0.1) is 0 Å². The second-order valence-corrected chi connectivity index (χ2v) is 8.09. The molecule has 0 spiro atoms. The van der Waals surface area contributed by atoms with Gasteiger partial charge in [0, 0.05) is 34.5 Å². The number of rotatable bonds is 5. The van der Waals surface area contributed by atoms with Crippen LogP contribution in [0, 0.1) is 11.3 Å². The Morgan fingerprint density at radius 3 is 2.39 bits per heavy atom. The van der Waals surface area contributed by atoms with Crippen LogP contribution in [-0.4, -0.2) is 33.0 Å². The van der Waals surface area contributed by atoms with Gasteiger partial charge < -0.3 is 0 Å². The predicted molar refractivity (Wildman–Crippen MR) is 127 cm³/mol. The molecule has 0 fully saturated rings. The fourth-order valence-corrected chi connectivity index (χ4v) is 3.88. The molecule has 164 valence electrons. The minimum absolute atomic E-state index is 0.0159. The van der Waals surface area contributed by atoms with Gasteiger partial charge in [0.1, 0.15) is 11.6 Å². The molecule has 2 heterocycles. The number of amides is 2. The third-order valence-electron chi connectivity index (χ3n) is 5.45. The number of benzene rings is 2. The Labute approximate surface area is 197 Å². The molecule has 2 aromatic carbocycles. The van der Waals surface area contributed by atoms with Gasteiger partial charge in [-0.3, -0.25) is 14.5 Å². The van der Waals surface area contributed by atoms with Crippen LogP contribution in [0.15, 0.2) is 77.5 Å². The van der Waals surface area contributed by atoms with Crippen molar-refractivity contribution in [1.29, 1.82) is 5.26 Å². The van der Waals surface area contributed by atoms with E-state index in [1.165, 1.54) is 0 Å². The highest BCUT2D eigenvalue weighted by molar-refractivity contribution is 6.30. The first-order valence-electron chi connectivity index (χ1n) is 10.5. The normalized spacial score (nSPS) is 15.3. The molecule has 0 aliphatic carbocycles. The number of halogens is 1. The van der Waals surface area contributed by atoms with E-state index >= 15 is 0 Å². The number of nitrogens with zero attached hydrogens (tertiary/aromatic N) is 4. The molecule has 0 N–H and O–H groups in total. The van der Waals surface area contributed by atoms with Crippen molar-refractivity contribution in [1.82, 2.24) is 14.7 Å². The number of carbonyl (C=O) groups is 2. The summed E-state index contributed by atoms with van der Waals surface area (Å²) in [6.45, 7) is 3.76. The summed E-state index contributed by atoms with van der Waals surface area (Å²) in [5.74, 6) is -0.954. The maximum absolute atomic E-state index is 13.2. The smallest absolute Gasteiger partial charge is 0.271 e. The SMILES string of the molecule is CCCN1C(=O)C(C#N)=C(C)/C(=C\c2cn(-c3ccccc3)nc2-c2ccc(Cl)cc2)C1=O. The number of para-hydroxylation sites is 1. The fourth-order valence-electron chi connectivity index (χ4n) is 3.75. The van der Waals surface area contributed by atoms with Gasteiger partial charge in [-0.25, -0.2) is 4.68 Å². The molecule has 4 rings (SSSR count). The molecule has 3 aromatic rings. The average Bonchev–Trinajstić information content (AvgIpc) is 3.25. The van der Waals surface area contributed by atoms with Crippen molar-refractivity contribution >= 4 is 29.5 Å². The van der Waals surface area contributed by atoms with E-state index in [0.29, 0.717) is 33.8 Å². The van der Waals surface area contributed by atoms with Crippen LogP contribution in [0.5, 0.6) is 0 Å². The van der Waals surface area contributed by atoms with E-state index in [0.717, 1.165) is 16.2 Å². The largest absolute Gasteiger partial charge is 0.274 e. The molecule has 0 unspecified atom stereocenters. The Balaban J connectivity index is 1.92. The first-order valence-corrected chi connectivity index (χ1v) is 10.9. The Morgan fingerprint density at radius 2 is 1.76 bits per heavy atom. The Kier molecular flexibility index (Phi) is 6.25. The van der Waals surface area contributed by atoms with E-state index < -0.39 is 11.8 Å². The van der Waals surface area contributed by atoms with Crippen LogP contribution in [0.25, 0.3) is 23.0 Å². The highest BCUT2D eigenvalue weighted by Crippen LogP contribution is 2.31. The van der Waals surface area contributed by atoms with E-state index in [-0.39, 0.29) is 12.1 Å². The summed E-state index contributed by atoms with van der Waals surface area (Å²) in [7, 11) is 0. The number of imide groups is 1. The molecule has 0 radical (unpaired) electrons. The van der Waals surface area contributed by atoms with Gasteiger partial charge in [0.2, 0.25) is 0 Å². The number of carbonyl (C=O) groups excluding carboxylic acids is 2. The minimum atomic E-state index is -0.545. The zero-order valence-corrected chi connectivity index (χ0v) is 19.0. The monoisotopic (exact) mass is 456 g/mol. The van der Waals surface area contributed by atoms with Crippen molar-refractivity contribution < 1.29 is 9.59 Å². The summed E-state index contributed by atoms with van der Waals surface area (Å²) in [6.07, 6.45) is 4.14. The van der Waals surface area contributed by atoms with E-state index in [1.807, 2.05) is 61.7 Å². The lowest BCUT2D eigenvalue weighted by Gasteiger charge is -2.27.